The number of nitrogens with one attached hydrogen (secondary N) is 1. The van der Waals surface area contributed by atoms with E-state index < -0.39 is 17.6 Å². The van der Waals surface area contributed by atoms with Crippen LogP contribution < -0.4 is 5.56 Å². The molecule has 1 aliphatic heterocycles. The molecule has 0 bridgehead atoms. The predicted molar refractivity (Wildman–Crippen MR) is 102 cm³/mol. The van der Waals surface area contributed by atoms with Gasteiger partial charge in [0.2, 0.25) is 5.82 Å². The first kappa shape index (κ1) is 19.3. The number of aromatic nitrogens is 3. The number of pyridine rings is 1. The molecule has 3 aromatic rings. The van der Waals surface area contributed by atoms with Crippen LogP contribution in [-0.2, 0) is 25.7 Å². The number of aromatic amines is 1. The number of nitrogens with zero attached hydrogens (tertiary/aromatic N) is 3. The van der Waals surface area contributed by atoms with Gasteiger partial charge in [0.1, 0.15) is 0 Å². The summed E-state index contributed by atoms with van der Waals surface area (Å²) in [5.74, 6) is -1.23. The highest BCUT2D eigenvalue weighted by atomic mass is 19.4. The molecule has 0 saturated heterocycles. The molecule has 2 aromatic heterocycles. The summed E-state index contributed by atoms with van der Waals surface area (Å²) in [5.41, 5.74) is 3.87. The Balaban J connectivity index is 1.48. The summed E-state index contributed by atoms with van der Waals surface area (Å²) in [6.45, 7) is 3.37. The van der Waals surface area contributed by atoms with Gasteiger partial charge >= 0.3 is 6.18 Å². The Hall–Kier alpha value is -3.00. The second kappa shape index (κ2) is 7.44. The van der Waals surface area contributed by atoms with Gasteiger partial charge in [-0.3, -0.25) is 14.7 Å². The van der Waals surface area contributed by atoms with Gasteiger partial charge in [0.05, 0.1) is 17.0 Å². The molecule has 1 aromatic carbocycles. The summed E-state index contributed by atoms with van der Waals surface area (Å²) in [4.78, 5) is 24.1. The normalized spacial score (nSPS) is 14.6. The van der Waals surface area contributed by atoms with Crippen molar-refractivity contribution < 1.29 is 13.2 Å². The number of hydrogen-bond donors (Lipinski definition) is 1. The molecular formula is C21H19F3N4O. The highest BCUT2D eigenvalue weighted by molar-refractivity contribution is 5.59. The molecule has 1 N–H and O–H groups in total. The molecule has 3 heterocycles. The average molecular weight is 400 g/mol. The van der Waals surface area contributed by atoms with E-state index in [0.717, 1.165) is 16.8 Å². The quantitative estimate of drug-likeness (QED) is 0.728. The molecule has 0 spiro atoms. The summed E-state index contributed by atoms with van der Waals surface area (Å²) < 4.78 is 38.5. The van der Waals surface area contributed by atoms with Crippen LogP contribution in [-0.4, -0.2) is 26.4 Å². The van der Waals surface area contributed by atoms with Gasteiger partial charge in [-0.1, -0.05) is 35.9 Å². The van der Waals surface area contributed by atoms with Crippen LogP contribution in [0.5, 0.6) is 0 Å². The van der Waals surface area contributed by atoms with Crippen molar-refractivity contribution in [2.45, 2.75) is 32.6 Å². The second-order valence-electron chi connectivity index (χ2n) is 7.22. The lowest BCUT2D eigenvalue weighted by atomic mass is 10.1. The summed E-state index contributed by atoms with van der Waals surface area (Å²) in [6, 6.07) is 12.0. The van der Waals surface area contributed by atoms with Gasteiger partial charge in [-0.25, -0.2) is 4.98 Å². The van der Waals surface area contributed by atoms with Gasteiger partial charge in [-0.15, -0.1) is 0 Å². The first-order valence-electron chi connectivity index (χ1n) is 9.23. The number of fused-ring (bicyclic) bond motifs is 1. The number of hydrogen-bond acceptors (Lipinski definition) is 4. The van der Waals surface area contributed by atoms with E-state index in [1.54, 1.807) is 6.20 Å². The van der Waals surface area contributed by atoms with Crippen LogP contribution in [0.4, 0.5) is 13.2 Å². The van der Waals surface area contributed by atoms with Crippen molar-refractivity contribution in [1.82, 2.24) is 19.9 Å². The molecular weight excluding hydrogens is 381 g/mol. The van der Waals surface area contributed by atoms with Gasteiger partial charge in [0.25, 0.3) is 5.56 Å². The Kier molecular flexibility index (Phi) is 4.96. The minimum Gasteiger partial charge on any atom is -0.303 e. The minimum atomic E-state index is -4.66. The maximum absolute atomic E-state index is 12.8. The maximum Gasteiger partial charge on any atom is 0.449 e. The van der Waals surface area contributed by atoms with Crippen LogP contribution in [0.2, 0.25) is 0 Å². The number of halogens is 3. The average Bonchev–Trinajstić information content (AvgIpc) is 2.69. The van der Waals surface area contributed by atoms with Crippen LogP contribution in [0.1, 0.15) is 28.2 Å². The lowest BCUT2D eigenvalue weighted by Gasteiger charge is -2.27. The van der Waals surface area contributed by atoms with E-state index >= 15 is 0 Å². The lowest BCUT2D eigenvalue weighted by molar-refractivity contribution is -0.145. The van der Waals surface area contributed by atoms with Gasteiger partial charge in [-0.2, -0.15) is 13.2 Å². The van der Waals surface area contributed by atoms with Crippen molar-refractivity contribution in [3.8, 4) is 11.3 Å². The largest absolute Gasteiger partial charge is 0.449 e. The van der Waals surface area contributed by atoms with Gasteiger partial charge in [0, 0.05) is 37.8 Å². The van der Waals surface area contributed by atoms with Crippen LogP contribution >= 0.6 is 0 Å². The summed E-state index contributed by atoms with van der Waals surface area (Å²) in [5, 5.41) is 0. The van der Waals surface area contributed by atoms with E-state index in [9.17, 15) is 18.0 Å². The maximum atomic E-state index is 12.8. The molecule has 5 nitrogen and oxygen atoms in total. The first-order chi connectivity index (χ1) is 13.8. The standard InChI is InChI=1S/C21H19F3N4O/c1-13-2-5-15(6-3-13)17-7-4-14(10-25-17)11-28-9-8-18-16(12-28)19(29)27-20(26-18)21(22,23)24/h2-7,10H,8-9,11-12H2,1H3,(H,26,27,29). The highest BCUT2D eigenvalue weighted by Crippen LogP contribution is 2.27. The molecule has 0 saturated carbocycles. The Morgan fingerprint density at radius 3 is 2.55 bits per heavy atom. The molecule has 4 rings (SSSR count). The molecule has 0 atom stereocenters. The van der Waals surface area contributed by atoms with E-state index in [-0.39, 0.29) is 12.2 Å². The summed E-state index contributed by atoms with van der Waals surface area (Å²) in [7, 11) is 0. The van der Waals surface area contributed by atoms with Crippen molar-refractivity contribution in [2.75, 3.05) is 6.54 Å². The van der Waals surface area contributed by atoms with E-state index in [4.69, 9.17) is 0 Å². The van der Waals surface area contributed by atoms with Crippen LogP contribution in [0.15, 0.2) is 47.4 Å². The van der Waals surface area contributed by atoms with Crippen molar-refractivity contribution in [3.63, 3.8) is 0 Å². The molecule has 8 heteroatoms. The van der Waals surface area contributed by atoms with Crippen LogP contribution in [0.3, 0.4) is 0 Å². The van der Waals surface area contributed by atoms with E-state index in [2.05, 4.69) is 9.97 Å². The number of aryl methyl sites for hydroxylation is 1. The third-order valence-corrected chi connectivity index (χ3v) is 4.99. The number of rotatable bonds is 3. The Morgan fingerprint density at radius 1 is 1.14 bits per heavy atom. The van der Waals surface area contributed by atoms with E-state index in [1.807, 2.05) is 53.2 Å². The fraction of sp³-hybridized carbons (Fsp3) is 0.286. The van der Waals surface area contributed by atoms with Crippen LogP contribution in [0, 0.1) is 6.92 Å². The molecule has 0 radical (unpaired) electrons. The fourth-order valence-corrected chi connectivity index (χ4v) is 3.42. The Labute approximate surface area is 165 Å². The molecule has 0 amide bonds. The van der Waals surface area contributed by atoms with Crippen molar-refractivity contribution >= 4 is 0 Å². The minimum absolute atomic E-state index is 0.227. The monoisotopic (exact) mass is 400 g/mol. The molecule has 0 unspecified atom stereocenters. The highest BCUT2D eigenvalue weighted by Gasteiger charge is 2.35. The van der Waals surface area contributed by atoms with Gasteiger partial charge in [-0.05, 0) is 18.6 Å². The fourth-order valence-electron chi connectivity index (χ4n) is 3.42. The zero-order chi connectivity index (χ0) is 20.6. The summed E-state index contributed by atoms with van der Waals surface area (Å²) >= 11 is 0. The van der Waals surface area contributed by atoms with Crippen molar-refractivity contribution in [2.24, 2.45) is 0 Å². The van der Waals surface area contributed by atoms with Crippen molar-refractivity contribution in [1.29, 1.82) is 0 Å². The Morgan fingerprint density at radius 2 is 1.90 bits per heavy atom. The van der Waals surface area contributed by atoms with Crippen molar-refractivity contribution in [3.05, 3.63) is 81.2 Å². The third-order valence-electron chi connectivity index (χ3n) is 4.99. The smallest absolute Gasteiger partial charge is 0.303 e. The predicted octanol–water partition coefficient (Wildman–Crippen LogP) is 3.72. The van der Waals surface area contributed by atoms with Crippen LogP contribution in [0.25, 0.3) is 11.3 Å². The third kappa shape index (κ3) is 4.22. The summed E-state index contributed by atoms with van der Waals surface area (Å²) in [6.07, 6.45) is -2.56. The molecule has 0 fully saturated rings. The molecule has 0 aliphatic carbocycles. The second-order valence-corrected chi connectivity index (χ2v) is 7.22. The molecule has 29 heavy (non-hydrogen) atoms. The SMILES string of the molecule is Cc1ccc(-c2ccc(CN3CCc4nc(C(F)(F)F)[nH]c(=O)c4C3)cn2)cc1. The lowest BCUT2D eigenvalue weighted by Crippen LogP contribution is -2.36. The van der Waals surface area contributed by atoms with Gasteiger partial charge < -0.3 is 4.98 Å². The number of benzene rings is 1. The zero-order valence-electron chi connectivity index (χ0n) is 15.8. The van der Waals surface area contributed by atoms with E-state index in [0.29, 0.717) is 25.1 Å². The van der Waals surface area contributed by atoms with E-state index in [1.165, 1.54) is 5.56 Å². The first-order valence-corrected chi connectivity index (χ1v) is 9.23. The zero-order valence-corrected chi connectivity index (χ0v) is 15.8. The molecule has 150 valence electrons. The molecule has 1 aliphatic rings. The Bertz CT molecular complexity index is 1070. The number of alkyl halides is 3. The topological polar surface area (TPSA) is 61.9 Å². The number of H-pyrrole nitrogens is 1. The van der Waals surface area contributed by atoms with Gasteiger partial charge in [0.15, 0.2) is 0 Å².